The van der Waals surface area contributed by atoms with Crippen LogP contribution in [0.5, 0.6) is 0 Å². The van der Waals surface area contributed by atoms with Gasteiger partial charge in [-0.1, -0.05) is 6.92 Å². The molecule has 2 rings (SSSR count). The van der Waals surface area contributed by atoms with E-state index in [9.17, 15) is 4.79 Å². The zero-order valence-corrected chi connectivity index (χ0v) is 12.2. The molecule has 0 aliphatic heterocycles. The van der Waals surface area contributed by atoms with Crippen molar-refractivity contribution in [3.63, 3.8) is 0 Å². The Labute approximate surface area is 120 Å². The smallest absolute Gasteiger partial charge is 0.234 e. The van der Waals surface area contributed by atoms with Crippen LogP contribution in [0.15, 0.2) is 24.5 Å². The summed E-state index contributed by atoms with van der Waals surface area (Å²) in [6.45, 7) is 2.44. The van der Waals surface area contributed by atoms with Crippen molar-refractivity contribution < 1.29 is 4.79 Å². The molecule has 1 aliphatic carbocycles. The van der Waals surface area contributed by atoms with E-state index in [1.807, 2.05) is 24.1 Å². The fourth-order valence-corrected chi connectivity index (χ4v) is 2.44. The van der Waals surface area contributed by atoms with Crippen molar-refractivity contribution in [3.05, 3.63) is 30.1 Å². The van der Waals surface area contributed by atoms with Gasteiger partial charge < -0.3 is 11.1 Å². The van der Waals surface area contributed by atoms with Gasteiger partial charge in [-0.25, -0.2) is 0 Å². The highest BCUT2D eigenvalue weighted by atomic mass is 16.2. The second kappa shape index (κ2) is 6.81. The van der Waals surface area contributed by atoms with E-state index in [1.165, 1.54) is 0 Å². The van der Waals surface area contributed by atoms with Crippen molar-refractivity contribution in [2.45, 2.75) is 44.3 Å². The molecule has 2 atom stereocenters. The first kappa shape index (κ1) is 14.9. The maximum absolute atomic E-state index is 11.9. The maximum atomic E-state index is 11.9. The van der Waals surface area contributed by atoms with Crippen molar-refractivity contribution >= 4 is 5.91 Å². The predicted octanol–water partition coefficient (Wildman–Crippen LogP) is 1.07. The highest BCUT2D eigenvalue weighted by Gasteiger charge is 2.27. The number of nitrogens with two attached hydrogens (primary N) is 1. The summed E-state index contributed by atoms with van der Waals surface area (Å²) in [5.41, 5.74) is 7.35. The summed E-state index contributed by atoms with van der Waals surface area (Å²) < 4.78 is 0. The Morgan fingerprint density at radius 1 is 1.50 bits per heavy atom. The first-order valence-corrected chi connectivity index (χ1v) is 7.27. The van der Waals surface area contributed by atoms with E-state index >= 15 is 0 Å². The number of aromatic nitrogens is 1. The lowest BCUT2D eigenvalue weighted by molar-refractivity contribution is -0.122. The molecular formula is C15H24N4O. The molecular weight excluding hydrogens is 252 g/mol. The average Bonchev–Trinajstić information content (AvgIpc) is 3.23. The van der Waals surface area contributed by atoms with Crippen molar-refractivity contribution in [2.24, 2.45) is 5.73 Å². The highest BCUT2D eigenvalue weighted by Crippen LogP contribution is 2.23. The number of carbonyl (C=O) groups excluding carboxylic acids is 1. The van der Waals surface area contributed by atoms with Crippen LogP contribution in [-0.4, -0.2) is 41.5 Å². The molecule has 1 aromatic rings. The molecule has 1 amide bonds. The Morgan fingerprint density at radius 2 is 2.15 bits per heavy atom. The molecule has 1 aliphatic rings. The van der Waals surface area contributed by atoms with E-state index in [0.717, 1.165) is 24.8 Å². The van der Waals surface area contributed by atoms with Crippen LogP contribution in [0.2, 0.25) is 0 Å². The van der Waals surface area contributed by atoms with E-state index in [2.05, 4.69) is 17.2 Å². The van der Waals surface area contributed by atoms with Crippen LogP contribution in [0.25, 0.3) is 0 Å². The van der Waals surface area contributed by atoms with Gasteiger partial charge in [0.25, 0.3) is 0 Å². The van der Waals surface area contributed by atoms with Crippen LogP contribution in [0, 0.1) is 0 Å². The molecule has 1 fully saturated rings. The molecule has 1 aromatic heterocycles. The van der Waals surface area contributed by atoms with Crippen LogP contribution in [-0.2, 0) is 4.79 Å². The number of pyridine rings is 1. The molecule has 5 heteroatoms. The molecule has 2 unspecified atom stereocenters. The molecule has 0 radical (unpaired) electrons. The fourth-order valence-electron chi connectivity index (χ4n) is 2.44. The topological polar surface area (TPSA) is 71.2 Å². The third kappa shape index (κ3) is 4.02. The van der Waals surface area contributed by atoms with Gasteiger partial charge in [-0.3, -0.25) is 14.7 Å². The Bertz CT molecular complexity index is 433. The third-order valence-corrected chi connectivity index (χ3v) is 3.73. The number of hydrogen-bond acceptors (Lipinski definition) is 4. The van der Waals surface area contributed by atoms with Gasteiger partial charge in [-0.05, 0) is 44.0 Å². The summed E-state index contributed by atoms with van der Waals surface area (Å²) >= 11 is 0. The van der Waals surface area contributed by atoms with Crippen molar-refractivity contribution in [1.29, 1.82) is 0 Å². The van der Waals surface area contributed by atoms with E-state index in [0.29, 0.717) is 12.6 Å². The second-order valence-electron chi connectivity index (χ2n) is 5.55. The summed E-state index contributed by atoms with van der Waals surface area (Å²) in [5, 5.41) is 3.01. The SMILES string of the molecule is CCC(N)C(c1ccncc1)N(C)CC(=O)NC1CC1. The predicted molar refractivity (Wildman–Crippen MR) is 79.0 cm³/mol. The van der Waals surface area contributed by atoms with Crippen LogP contribution in [0.3, 0.4) is 0 Å². The number of amides is 1. The third-order valence-electron chi connectivity index (χ3n) is 3.73. The molecule has 20 heavy (non-hydrogen) atoms. The molecule has 5 nitrogen and oxygen atoms in total. The molecule has 0 bridgehead atoms. The summed E-state index contributed by atoms with van der Waals surface area (Å²) in [6.07, 6.45) is 6.61. The zero-order chi connectivity index (χ0) is 14.5. The number of hydrogen-bond donors (Lipinski definition) is 2. The van der Waals surface area contributed by atoms with Gasteiger partial charge in [0.1, 0.15) is 0 Å². The monoisotopic (exact) mass is 276 g/mol. The van der Waals surface area contributed by atoms with Crippen LogP contribution in [0.4, 0.5) is 0 Å². The summed E-state index contributed by atoms with van der Waals surface area (Å²) in [7, 11) is 1.95. The van der Waals surface area contributed by atoms with Gasteiger partial charge >= 0.3 is 0 Å². The normalized spacial score (nSPS) is 17.8. The standard InChI is InChI=1S/C15H24N4O/c1-3-13(16)15(11-6-8-17-9-7-11)19(2)10-14(20)18-12-4-5-12/h6-9,12-13,15H,3-5,10,16H2,1-2H3,(H,18,20). The minimum Gasteiger partial charge on any atom is -0.352 e. The number of nitrogens with zero attached hydrogens (tertiary/aromatic N) is 2. The average molecular weight is 276 g/mol. The summed E-state index contributed by atoms with van der Waals surface area (Å²) in [4.78, 5) is 18.0. The van der Waals surface area contributed by atoms with Crippen molar-refractivity contribution in [2.75, 3.05) is 13.6 Å². The van der Waals surface area contributed by atoms with Gasteiger partial charge in [0.05, 0.1) is 12.6 Å². The summed E-state index contributed by atoms with van der Waals surface area (Å²) in [5.74, 6) is 0.0809. The maximum Gasteiger partial charge on any atom is 0.234 e. The number of carbonyl (C=O) groups is 1. The molecule has 0 saturated heterocycles. The van der Waals surface area contributed by atoms with Gasteiger partial charge in [0.15, 0.2) is 0 Å². The van der Waals surface area contributed by atoms with Gasteiger partial charge in [0, 0.05) is 24.5 Å². The van der Waals surface area contributed by atoms with Crippen molar-refractivity contribution in [1.82, 2.24) is 15.2 Å². The Balaban J connectivity index is 2.03. The lowest BCUT2D eigenvalue weighted by Gasteiger charge is -2.32. The lowest BCUT2D eigenvalue weighted by Crippen LogP contribution is -2.44. The first-order valence-electron chi connectivity index (χ1n) is 7.27. The quantitative estimate of drug-likeness (QED) is 0.781. The molecule has 110 valence electrons. The minimum atomic E-state index is -0.00359. The summed E-state index contributed by atoms with van der Waals surface area (Å²) in [6, 6.07) is 4.37. The van der Waals surface area contributed by atoms with Gasteiger partial charge in [-0.15, -0.1) is 0 Å². The van der Waals surface area contributed by atoms with E-state index < -0.39 is 0 Å². The van der Waals surface area contributed by atoms with E-state index in [4.69, 9.17) is 5.73 Å². The van der Waals surface area contributed by atoms with Crippen LogP contribution >= 0.6 is 0 Å². The Hall–Kier alpha value is -1.46. The second-order valence-corrected chi connectivity index (χ2v) is 5.55. The largest absolute Gasteiger partial charge is 0.352 e. The number of nitrogens with one attached hydrogen (secondary N) is 1. The fraction of sp³-hybridized carbons (Fsp3) is 0.600. The van der Waals surface area contributed by atoms with Crippen LogP contribution < -0.4 is 11.1 Å². The lowest BCUT2D eigenvalue weighted by atomic mass is 9.97. The van der Waals surface area contributed by atoms with Gasteiger partial charge in [0.2, 0.25) is 5.91 Å². The zero-order valence-electron chi connectivity index (χ0n) is 12.2. The molecule has 3 N–H and O–H groups in total. The van der Waals surface area contributed by atoms with Gasteiger partial charge in [-0.2, -0.15) is 0 Å². The highest BCUT2D eigenvalue weighted by molar-refractivity contribution is 5.78. The Morgan fingerprint density at radius 3 is 2.70 bits per heavy atom. The molecule has 1 heterocycles. The Kier molecular flexibility index (Phi) is 5.09. The van der Waals surface area contributed by atoms with E-state index in [-0.39, 0.29) is 18.0 Å². The van der Waals surface area contributed by atoms with E-state index in [1.54, 1.807) is 12.4 Å². The van der Waals surface area contributed by atoms with Crippen LogP contribution in [0.1, 0.15) is 37.8 Å². The number of likely N-dealkylation sites (N-methyl/N-ethyl adjacent to an activating group) is 1. The molecule has 0 spiro atoms. The molecule has 1 saturated carbocycles. The minimum absolute atomic E-state index is 0.00359. The van der Waals surface area contributed by atoms with Crippen molar-refractivity contribution in [3.8, 4) is 0 Å². The first-order chi connectivity index (χ1) is 9.61. The molecule has 0 aromatic carbocycles. The number of rotatable bonds is 7.